The number of hydrogen-bond donors (Lipinski definition) is 2. The van der Waals surface area contributed by atoms with Crippen LogP contribution in [0.3, 0.4) is 0 Å². The molecule has 5 heteroatoms. The molecule has 108 valence electrons. The van der Waals surface area contributed by atoms with Crippen LogP contribution in [0.15, 0.2) is 18.2 Å². The molecule has 0 amide bonds. The highest BCUT2D eigenvalue weighted by Crippen LogP contribution is 2.28. The molecule has 0 spiro atoms. The predicted molar refractivity (Wildman–Crippen MR) is 87.4 cm³/mol. The minimum Gasteiger partial charge on any atom is -0.399 e. The maximum absolute atomic E-state index is 5.81. The Kier molecular flexibility index (Phi) is 4.08. The summed E-state index contributed by atoms with van der Waals surface area (Å²) < 4.78 is 1.15. The Labute approximate surface area is 124 Å². The number of aromatic nitrogens is 1. The highest BCUT2D eigenvalue weighted by molar-refractivity contribution is 7.22. The van der Waals surface area contributed by atoms with E-state index in [-0.39, 0.29) is 0 Å². The third-order valence-corrected chi connectivity index (χ3v) is 4.71. The first-order chi connectivity index (χ1) is 9.70. The molecule has 3 rings (SSSR count). The molecule has 2 heterocycles. The van der Waals surface area contributed by atoms with Gasteiger partial charge in [0.2, 0.25) is 0 Å². The number of nitrogens with one attached hydrogen (secondary N) is 1. The monoisotopic (exact) mass is 290 g/mol. The number of nitrogens with zero attached hydrogens (tertiary/aromatic N) is 2. The van der Waals surface area contributed by atoms with E-state index in [4.69, 9.17) is 5.73 Å². The third kappa shape index (κ3) is 3.22. The van der Waals surface area contributed by atoms with Crippen molar-refractivity contribution in [1.82, 2.24) is 9.88 Å². The zero-order valence-electron chi connectivity index (χ0n) is 11.9. The number of hydrogen-bond acceptors (Lipinski definition) is 5. The summed E-state index contributed by atoms with van der Waals surface area (Å²) in [6.45, 7) is 5.80. The van der Waals surface area contributed by atoms with Crippen molar-refractivity contribution in [2.75, 3.05) is 30.7 Å². The minimum atomic E-state index is 0.422. The zero-order chi connectivity index (χ0) is 13.9. The van der Waals surface area contributed by atoms with E-state index in [0.717, 1.165) is 27.6 Å². The predicted octanol–water partition coefficient (Wildman–Crippen LogP) is 3.16. The lowest BCUT2D eigenvalue weighted by atomic mass is 10.1. The average Bonchev–Trinajstić information content (AvgIpc) is 2.80. The molecule has 0 bridgehead atoms. The Morgan fingerprint density at radius 2 is 2.15 bits per heavy atom. The molecule has 4 nitrogen and oxygen atoms in total. The van der Waals surface area contributed by atoms with Crippen LogP contribution < -0.4 is 11.1 Å². The van der Waals surface area contributed by atoms with Crippen LogP contribution in [0.5, 0.6) is 0 Å². The second-order valence-corrected chi connectivity index (χ2v) is 6.68. The van der Waals surface area contributed by atoms with Gasteiger partial charge < -0.3 is 16.0 Å². The van der Waals surface area contributed by atoms with Gasteiger partial charge in [0.15, 0.2) is 5.13 Å². The Balaban J connectivity index is 1.63. The molecular formula is C15H22N4S. The highest BCUT2D eigenvalue weighted by atomic mass is 32.1. The standard InChI is InChI=1S/C15H22N4S/c1-11(10-19-7-3-2-4-8-19)17-15-18-13-6-5-12(16)9-14(13)20-15/h5-6,9,11H,2-4,7-8,10,16H2,1H3,(H,17,18). The smallest absolute Gasteiger partial charge is 0.184 e. The van der Waals surface area contributed by atoms with Gasteiger partial charge in [-0.1, -0.05) is 17.8 Å². The second-order valence-electron chi connectivity index (χ2n) is 5.65. The normalized spacial score (nSPS) is 18.2. The molecule has 0 aliphatic carbocycles. The van der Waals surface area contributed by atoms with Crippen molar-refractivity contribution in [3.05, 3.63) is 18.2 Å². The van der Waals surface area contributed by atoms with E-state index in [1.807, 2.05) is 18.2 Å². The van der Waals surface area contributed by atoms with E-state index in [2.05, 4.69) is 22.1 Å². The molecule has 2 aromatic rings. The molecule has 1 aliphatic heterocycles. The fraction of sp³-hybridized carbons (Fsp3) is 0.533. The molecule has 1 saturated heterocycles. The van der Waals surface area contributed by atoms with Crippen LogP contribution in [0.2, 0.25) is 0 Å². The number of anilines is 2. The molecule has 1 aromatic carbocycles. The van der Waals surface area contributed by atoms with Crippen LogP contribution in [-0.4, -0.2) is 35.6 Å². The van der Waals surface area contributed by atoms with Crippen LogP contribution in [0, 0.1) is 0 Å². The van der Waals surface area contributed by atoms with Crippen molar-refractivity contribution in [2.45, 2.75) is 32.2 Å². The van der Waals surface area contributed by atoms with Crippen molar-refractivity contribution < 1.29 is 0 Å². The van der Waals surface area contributed by atoms with Crippen molar-refractivity contribution in [3.8, 4) is 0 Å². The van der Waals surface area contributed by atoms with Gasteiger partial charge in [-0.15, -0.1) is 0 Å². The van der Waals surface area contributed by atoms with Crippen molar-refractivity contribution in [3.63, 3.8) is 0 Å². The van der Waals surface area contributed by atoms with Crippen LogP contribution in [0.25, 0.3) is 10.2 Å². The minimum absolute atomic E-state index is 0.422. The Hall–Kier alpha value is -1.33. The third-order valence-electron chi connectivity index (χ3n) is 3.76. The summed E-state index contributed by atoms with van der Waals surface area (Å²) in [5.74, 6) is 0. The summed E-state index contributed by atoms with van der Waals surface area (Å²) >= 11 is 1.68. The van der Waals surface area contributed by atoms with Gasteiger partial charge in [-0.25, -0.2) is 4.98 Å². The molecule has 1 fully saturated rings. The molecule has 1 atom stereocenters. The molecule has 1 unspecified atom stereocenters. The van der Waals surface area contributed by atoms with Crippen molar-refractivity contribution >= 4 is 32.4 Å². The lowest BCUT2D eigenvalue weighted by Crippen LogP contribution is -2.38. The van der Waals surface area contributed by atoms with Crippen molar-refractivity contribution in [2.24, 2.45) is 0 Å². The summed E-state index contributed by atoms with van der Waals surface area (Å²) in [5.41, 5.74) is 7.63. The van der Waals surface area contributed by atoms with Gasteiger partial charge in [0.1, 0.15) is 0 Å². The van der Waals surface area contributed by atoms with E-state index < -0.39 is 0 Å². The van der Waals surface area contributed by atoms with Crippen LogP contribution in [0.1, 0.15) is 26.2 Å². The average molecular weight is 290 g/mol. The first-order valence-corrected chi connectivity index (χ1v) is 8.17. The Bertz CT molecular complexity index is 574. The van der Waals surface area contributed by atoms with E-state index >= 15 is 0 Å². The molecule has 3 N–H and O–H groups in total. The Morgan fingerprint density at radius 1 is 1.35 bits per heavy atom. The van der Waals surface area contributed by atoms with Crippen LogP contribution in [-0.2, 0) is 0 Å². The summed E-state index contributed by atoms with van der Waals surface area (Å²) in [7, 11) is 0. The Morgan fingerprint density at radius 3 is 2.95 bits per heavy atom. The molecule has 1 aromatic heterocycles. The number of thiazole rings is 1. The summed E-state index contributed by atoms with van der Waals surface area (Å²) in [6, 6.07) is 6.31. The number of likely N-dealkylation sites (tertiary alicyclic amines) is 1. The lowest BCUT2D eigenvalue weighted by molar-refractivity contribution is 0.223. The molecule has 20 heavy (non-hydrogen) atoms. The molecule has 0 radical (unpaired) electrons. The van der Waals surface area contributed by atoms with Crippen molar-refractivity contribution in [1.29, 1.82) is 0 Å². The summed E-state index contributed by atoms with van der Waals surface area (Å²) in [6.07, 6.45) is 4.07. The summed E-state index contributed by atoms with van der Waals surface area (Å²) in [5, 5.41) is 4.52. The molecule has 1 aliphatic rings. The zero-order valence-corrected chi connectivity index (χ0v) is 12.7. The second kappa shape index (κ2) is 5.97. The van der Waals surface area contributed by atoms with Gasteiger partial charge in [0, 0.05) is 18.3 Å². The largest absolute Gasteiger partial charge is 0.399 e. The first-order valence-electron chi connectivity index (χ1n) is 7.36. The topological polar surface area (TPSA) is 54.2 Å². The van der Waals surface area contributed by atoms with Gasteiger partial charge in [0.05, 0.1) is 10.2 Å². The first kappa shape index (κ1) is 13.6. The van der Waals surface area contributed by atoms with E-state index in [1.54, 1.807) is 11.3 Å². The highest BCUT2D eigenvalue weighted by Gasteiger charge is 2.14. The van der Waals surface area contributed by atoms with Gasteiger partial charge in [0.25, 0.3) is 0 Å². The van der Waals surface area contributed by atoms with Crippen LogP contribution >= 0.6 is 11.3 Å². The van der Waals surface area contributed by atoms with Gasteiger partial charge in [-0.2, -0.15) is 0 Å². The number of nitrogens with two attached hydrogens (primary N) is 1. The number of piperidine rings is 1. The van der Waals surface area contributed by atoms with Gasteiger partial charge in [-0.3, -0.25) is 0 Å². The molecule has 0 saturated carbocycles. The van der Waals surface area contributed by atoms with Gasteiger partial charge in [-0.05, 0) is 51.1 Å². The quantitative estimate of drug-likeness (QED) is 0.849. The van der Waals surface area contributed by atoms with E-state index in [9.17, 15) is 0 Å². The number of nitrogen functional groups attached to an aromatic ring is 1. The lowest BCUT2D eigenvalue weighted by Gasteiger charge is -2.29. The van der Waals surface area contributed by atoms with Gasteiger partial charge >= 0.3 is 0 Å². The number of rotatable bonds is 4. The van der Waals surface area contributed by atoms with E-state index in [0.29, 0.717) is 6.04 Å². The number of benzene rings is 1. The molecular weight excluding hydrogens is 268 g/mol. The van der Waals surface area contributed by atoms with Crippen LogP contribution in [0.4, 0.5) is 10.8 Å². The summed E-state index contributed by atoms with van der Waals surface area (Å²) in [4.78, 5) is 7.17. The SMILES string of the molecule is CC(CN1CCCCC1)Nc1nc2ccc(N)cc2s1. The number of fused-ring (bicyclic) bond motifs is 1. The fourth-order valence-corrected chi connectivity index (χ4v) is 3.81. The fourth-order valence-electron chi connectivity index (χ4n) is 2.79. The maximum Gasteiger partial charge on any atom is 0.184 e. The maximum atomic E-state index is 5.81. The van der Waals surface area contributed by atoms with E-state index in [1.165, 1.54) is 32.4 Å².